The third-order valence-electron chi connectivity index (χ3n) is 7.04. The molecule has 2 saturated heterocycles. The largest absolute Gasteiger partial charge is 0.480 e. The number of ether oxygens (including phenoxy) is 2. The van der Waals surface area contributed by atoms with Gasteiger partial charge in [0.15, 0.2) is 4.75 Å². The number of hydrogen-bond donors (Lipinski definition) is 2. The summed E-state index contributed by atoms with van der Waals surface area (Å²) >= 11 is 0. The van der Waals surface area contributed by atoms with E-state index in [1.807, 2.05) is 25.1 Å². The second-order valence-electron chi connectivity index (χ2n) is 9.10. The molecule has 2 fully saturated rings. The number of aliphatic hydroxyl groups is 1. The average molecular weight is 505 g/mol. The minimum atomic E-state index is -4.00. The number of aliphatic hydroxyl groups excluding tert-OH is 1. The molecule has 4 rings (SSSR count). The third-order valence-corrected chi connectivity index (χ3v) is 9.66. The number of carboxylic acids is 1. The Hall–Kier alpha value is -2.53. The van der Waals surface area contributed by atoms with E-state index in [-0.39, 0.29) is 45.2 Å². The second-order valence-corrected chi connectivity index (χ2v) is 11.3. The van der Waals surface area contributed by atoms with Crippen molar-refractivity contribution in [2.24, 2.45) is 0 Å². The Labute approximate surface area is 205 Å². The van der Waals surface area contributed by atoms with Gasteiger partial charge < -0.3 is 19.7 Å². The maximum Gasteiger partial charge on any atom is 0.326 e. The Morgan fingerprint density at radius 3 is 2.54 bits per heavy atom. The summed E-state index contributed by atoms with van der Waals surface area (Å²) in [6.07, 6.45) is 1.22. The average Bonchev–Trinajstić information content (AvgIpc) is 2.88. The molecule has 2 aromatic rings. The fraction of sp³-hybridized carbons (Fsp3) is 0.520. The zero-order valence-corrected chi connectivity index (χ0v) is 20.7. The number of aliphatic carboxylic acids is 1. The van der Waals surface area contributed by atoms with E-state index < -0.39 is 20.7 Å². The Morgan fingerprint density at radius 2 is 1.91 bits per heavy atom. The van der Waals surface area contributed by atoms with Crippen LogP contribution in [0.2, 0.25) is 0 Å². The van der Waals surface area contributed by atoms with Crippen molar-refractivity contribution in [2.75, 3.05) is 39.5 Å². The highest BCUT2D eigenvalue weighted by atomic mass is 32.2. The lowest BCUT2D eigenvalue weighted by Gasteiger charge is -2.39. The third kappa shape index (κ3) is 5.06. The van der Waals surface area contributed by atoms with Crippen LogP contribution in [-0.2, 0) is 19.6 Å². The molecule has 0 bridgehead atoms. The van der Waals surface area contributed by atoms with Gasteiger partial charge in [0, 0.05) is 50.8 Å². The van der Waals surface area contributed by atoms with Crippen LogP contribution >= 0.6 is 0 Å². The molecule has 35 heavy (non-hydrogen) atoms. The van der Waals surface area contributed by atoms with E-state index in [9.17, 15) is 18.3 Å². The Bertz CT molecular complexity index is 1150. The van der Waals surface area contributed by atoms with Crippen molar-refractivity contribution in [1.29, 1.82) is 0 Å². The molecule has 0 spiro atoms. The second kappa shape index (κ2) is 10.6. The van der Waals surface area contributed by atoms with E-state index in [0.717, 1.165) is 22.4 Å². The van der Waals surface area contributed by atoms with Gasteiger partial charge in [0.2, 0.25) is 15.9 Å². The quantitative estimate of drug-likeness (QED) is 0.562. The first-order valence-corrected chi connectivity index (χ1v) is 13.3. The van der Waals surface area contributed by atoms with Crippen LogP contribution in [0, 0.1) is 6.92 Å². The van der Waals surface area contributed by atoms with E-state index in [2.05, 4.69) is 17.1 Å². The molecule has 0 amide bonds. The van der Waals surface area contributed by atoms with Crippen LogP contribution in [0.25, 0.3) is 11.3 Å². The fourth-order valence-corrected chi connectivity index (χ4v) is 7.07. The molecule has 0 saturated carbocycles. The number of rotatable bonds is 8. The highest BCUT2D eigenvalue weighted by Gasteiger charge is 2.54. The molecule has 9 nitrogen and oxygen atoms in total. The van der Waals surface area contributed by atoms with Crippen molar-refractivity contribution >= 4 is 16.0 Å². The zero-order valence-electron chi connectivity index (χ0n) is 19.9. The van der Waals surface area contributed by atoms with Crippen LogP contribution < -0.4 is 4.74 Å². The molecule has 0 unspecified atom stereocenters. The maximum atomic E-state index is 13.4. The molecular formula is C25H32N2O7S. The Morgan fingerprint density at radius 1 is 1.20 bits per heavy atom. The predicted molar refractivity (Wildman–Crippen MR) is 130 cm³/mol. The molecule has 0 aliphatic carbocycles. The minimum absolute atomic E-state index is 0.0223. The van der Waals surface area contributed by atoms with Gasteiger partial charge >= 0.3 is 5.97 Å². The van der Waals surface area contributed by atoms with E-state index >= 15 is 0 Å². The van der Waals surface area contributed by atoms with Gasteiger partial charge in [-0.2, -0.15) is 0 Å². The normalized spacial score (nSPS) is 19.4. The predicted octanol–water partition coefficient (Wildman–Crippen LogP) is 2.57. The van der Waals surface area contributed by atoms with E-state index in [1.165, 1.54) is 4.31 Å². The zero-order chi connectivity index (χ0) is 25.1. The molecule has 2 aliphatic heterocycles. The van der Waals surface area contributed by atoms with E-state index in [0.29, 0.717) is 31.8 Å². The van der Waals surface area contributed by atoms with Gasteiger partial charge in [-0.15, -0.1) is 0 Å². The van der Waals surface area contributed by atoms with Crippen LogP contribution in [0.15, 0.2) is 36.4 Å². The Balaban J connectivity index is 1.46. The fourth-order valence-electron chi connectivity index (χ4n) is 4.98. The van der Waals surface area contributed by atoms with Gasteiger partial charge in [-0.3, -0.25) is 4.79 Å². The van der Waals surface area contributed by atoms with Gasteiger partial charge in [-0.05, 0) is 42.9 Å². The summed E-state index contributed by atoms with van der Waals surface area (Å²) in [5.74, 6) is -0.636. The SMILES string of the molecule is Cc1cc(C2CCN(S(=O)(=O)C3(C(=O)O)CCOCC3)CC2)ccc1-c1cccc(OCCO)n1. The summed E-state index contributed by atoms with van der Waals surface area (Å²) < 4.78 is 36.9. The summed E-state index contributed by atoms with van der Waals surface area (Å²) in [5, 5.41) is 18.8. The van der Waals surface area contributed by atoms with E-state index in [4.69, 9.17) is 14.6 Å². The number of sulfonamides is 1. The highest BCUT2D eigenvalue weighted by molar-refractivity contribution is 7.91. The van der Waals surface area contributed by atoms with Gasteiger partial charge in [-0.25, -0.2) is 17.7 Å². The summed E-state index contributed by atoms with van der Waals surface area (Å²) in [5.41, 5.74) is 3.94. The van der Waals surface area contributed by atoms with Crippen molar-refractivity contribution in [2.45, 2.75) is 43.3 Å². The van der Waals surface area contributed by atoms with Crippen LogP contribution in [0.4, 0.5) is 0 Å². The van der Waals surface area contributed by atoms with Gasteiger partial charge in [-0.1, -0.05) is 24.3 Å². The van der Waals surface area contributed by atoms with Crippen LogP contribution in [0.5, 0.6) is 5.88 Å². The lowest BCUT2D eigenvalue weighted by molar-refractivity contribution is -0.142. The lowest BCUT2D eigenvalue weighted by atomic mass is 9.88. The number of nitrogens with zero attached hydrogens (tertiary/aromatic N) is 2. The van der Waals surface area contributed by atoms with Crippen molar-refractivity contribution in [3.05, 3.63) is 47.5 Å². The van der Waals surface area contributed by atoms with Crippen molar-refractivity contribution in [3.63, 3.8) is 0 Å². The first-order chi connectivity index (χ1) is 16.8. The first-order valence-electron chi connectivity index (χ1n) is 11.9. The number of benzene rings is 1. The van der Waals surface area contributed by atoms with Crippen LogP contribution in [-0.4, -0.2) is 78.2 Å². The molecule has 2 aliphatic rings. The highest BCUT2D eigenvalue weighted by Crippen LogP contribution is 2.37. The number of carboxylic acid groups (broad SMARTS) is 1. The molecule has 190 valence electrons. The number of aryl methyl sites for hydroxylation is 1. The summed E-state index contributed by atoms with van der Waals surface area (Å²) in [6, 6.07) is 11.7. The topological polar surface area (TPSA) is 126 Å². The number of carbonyl (C=O) groups is 1. The molecule has 10 heteroatoms. The minimum Gasteiger partial charge on any atom is -0.480 e. The molecular weight excluding hydrogens is 472 g/mol. The lowest BCUT2D eigenvalue weighted by Crippen LogP contribution is -2.57. The number of aromatic nitrogens is 1. The van der Waals surface area contributed by atoms with Crippen LogP contribution in [0.1, 0.15) is 42.7 Å². The maximum absolute atomic E-state index is 13.4. The molecule has 3 heterocycles. The first kappa shape index (κ1) is 25.6. The smallest absolute Gasteiger partial charge is 0.326 e. The van der Waals surface area contributed by atoms with Crippen LogP contribution in [0.3, 0.4) is 0 Å². The summed E-state index contributed by atoms with van der Waals surface area (Å²) in [4.78, 5) is 16.5. The molecule has 1 aromatic heterocycles. The Kier molecular flexibility index (Phi) is 7.75. The summed E-state index contributed by atoms with van der Waals surface area (Å²) in [7, 11) is -4.00. The van der Waals surface area contributed by atoms with Gasteiger partial charge in [0.05, 0.1) is 12.3 Å². The van der Waals surface area contributed by atoms with Crippen molar-refractivity contribution in [3.8, 4) is 17.1 Å². The molecule has 1 aromatic carbocycles. The van der Waals surface area contributed by atoms with E-state index in [1.54, 1.807) is 6.07 Å². The van der Waals surface area contributed by atoms with Crippen molar-refractivity contribution in [1.82, 2.24) is 9.29 Å². The van der Waals surface area contributed by atoms with Crippen molar-refractivity contribution < 1.29 is 32.9 Å². The van der Waals surface area contributed by atoms with Gasteiger partial charge in [0.1, 0.15) is 6.61 Å². The molecule has 0 atom stereocenters. The standard InChI is InChI=1S/C25H32N2O7S/c1-18-17-20(5-6-21(18)22-3-2-4-23(26-22)34-16-13-28)19-7-11-27(12-8-19)35(31,32)25(24(29)30)9-14-33-15-10-25/h2-6,17,19,28H,7-16H2,1H3,(H,29,30). The monoisotopic (exact) mass is 504 g/mol. The van der Waals surface area contributed by atoms with Gasteiger partial charge in [0.25, 0.3) is 0 Å². The molecule has 0 radical (unpaired) electrons. The number of pyridine rings is 1. The number of hydrogen-bond acceptors (Lipinski definition) is 7. The number of piperidine rings is 1. The summed E-state index contributed by atoms with van der Waals surface area (Å²) in [6.45, 7) is 3.00. The molecule has 2 N–H and O–H groups in total.